The summed E-state index contributed by atoms with van der Waals surface area (Å²) in [5.74, 6) is 0. The number of nitrogen functional groups attached to an aromatic ring is 1. The molecular formula is C15H16N4S. The van der Waals surface area contributed by atoms with Crippen LogP contribution in [0.15, 0.2) is 40.3 Å². The molecule has 0 bridgehead atoms. The third kappa shape index (κ3) is 2.36. The lowest BCUT2D eigenvalue weighted by Crippen LogP contribution is -1.94. The number of rotatable bonds is 2. The molecule has 20 heavy (non-hydrogen) atoms. The molecule has 102 valence electrons. The van der Waals surface area contributed by atoms with Crippen LogP contribution in [0.5, 0.6) is 0 Å². The summed E-state index contributed by atoms with van der Waals surface area (Å²) in [5, 5.41) is 6.57. The highest BCUT2D eigenvalue weighted by atomic mass is 32.2. The summed E-state index contributed by atoms with van der Waals surface area (Å²) in [6.07, 6.45) is 0. The first-order chi connectivity index (χ1) is 9.52. The minimum Gasteiger partial charge on any atom is -0.399 e. The third-order valence-corrected chi connectivity index (χ3v) is 4.25. The molecule has 2 N–H and O–H groups in total. The van der Waals surface area contributed by atoms with Crippen LogP contribution in [0.2, 0.25) is 0 Å². The van der Waals surface area contributed by atoms with Gasteiger partial charge >= 0.3 is 0 Å². The van der Waals surface area contributed by atoms with Crippen molar-refractivity contribution >= 4 is 28.4 Å². The van der Waals surface area contributed by atoms with Crippen LogP contribution in [0.25, 0.3) is 10.9 Å². The van der Waals surface area contributed by atoms with Gasteiger partial charge in [-0.15, -0.1) is 0 Å². The Labute approximate surface area is 122 Å². The highest BCUT2D eigenvalue weighted by molar-refractivity contribution is 7.99. The zero-order valence-electron chi connectivity index (χ0n) is 11.7. The van der Waals surface area contributed by atoms with E-state index in [1.54, 1.807) is 11.8 Å². The normalized spacial score (nSPS) is 11.2. The Morgan fingerprint density at radius 3 is 2.60 bits per heavy atom. The minimum absolute atomic E-state index is 0.756. The first-order valence-electron chi connectivity index (χ1n) is 6.38. The Bertz CT molecular complexity index is 792. The number of hydrogen-bond acceptors (Lipinski definition) is 4. The molecule has 0 unspecified atom stereocenters. The highest BCUT2D eigenvalue weighted by Gasteiger charge is 2.09. The van der Waals surface area contributed by atoms with E-state index in [2.05, 4.69) is 22.2 Å². The molecule has 2 aromatic heterocycles. The van der Waals surface area contributed by atoms with Gasteiger partial charge in [-0.3, -0.25) is 9.67 Å². The van der Waals surface area contributed by atoms with Crippen LogP contribution in [-0.4, -0.2) is 14.8 Å². The summed E-state index contributed by atoms with van der Waals surface area (Å²) < 4.78 is 1.90. The summed E-state index contributed by atoms with van der Waals surface area (Å²) >= 11 is 1.69. The van der Waals surface area contributed by atoms with Crippen molar-refractivity contribution < 1.29 is 0 Å². The van der Waals surface area contributed by atoms with Gasteiger partial charge in [0.05, 0.1) is 16.2 Å². The minimum atomic E-state index is 0.756. The average Bonchev–Trinajstić information content (AvgIpc) is 2.69. The van der Waals surface area contributed by atoms with Gasteiger partial charge in [-0.2, -0.15) is 5.10 Å². The topological polar surface area (TPSA) is 56.7 Å². The third-order valence-electron chi connectivity index (χ3n) is 3.10. The van der Waals surface area contributed by atoms with Crippen LogP contribution in [0.1, 0.15) is 11.4 Å². The number of benzene rings is 1. The summed E-state index contributed by atoms with van der Waals surface area (Å²) in [6, 6.07) is 10.0. The number of nitrogens with zero attached hydrogens (tertiary/aromatic N) is 3. The molecule has 0 aliphatic heterocycles. The number of nitrogens with two attached hydrogens (primary N) is 1. The molecule has 1 aromatic carbocycles. The first kappa shape index (κ1) is 13.0. The van der Waals surface area contributed by atoms with Crippen molar-refractivity contribution in [2.45, 2.75) is 23.8 Å². The van der Waals surface area contributed by atoms with E-state index in [0.29, 0.717) is 0 Å². The van der Waals surface area contributed by atoms with Gasteiger partial charge in [-0.1, -0.05) is 11.8 Å². The van der Waals surface area contributed by atoms with Crippen molar-refractivity contribution in [2.75, 3.05) is 5.73 Å². The predicted molar refractivity (Wildman–Crippen MR) is 83.0 cm³/mol. The van der Waals surface area contributed by atoms with E-state index in [1.165, 1.54) is 0 Å². The van der Waals surface area contributed by atoms with E-state index < -0.39 is 0 Å². The molecule has 3 aromatic rings. The molecule has 0 radical (unpaired) electrons. The maximum atomic E-state index is 5.90. The fourth-order valence-corrected chi connectivity index (χ4v) is 3.35. The number of fused-ring (bicyclic) bond motifs is 1. The summed E-state index contributed by atoms with van der Waals surface area (Å²) in [6.45, 7) is 4.01. The smallest absolute Gasteiger partial charge is 0.0987 e. The standard InChI is InChI=1S/C15H16N4S/c1-9-6-14(20-15-7-10(2)18-19(15)3)12-8-11(16)4-5-13(12)17-9/h4-8H,16H2,1-3H3. The van der Waals surface area contributed by atoms with Gasteiger partial charge in [-0.05, 0) is 44.2 Å². The van der Waals surface area contributed by atoms with Gasteiger partial charge in [0.2, 0.25) is 0 Å². The van der Waals surface area contributed by atoms with Crippen molar-refractivity contribution in [1.82, 2.24) is 14.8 Å². The lowest BCUT2D eigenvalue weighted by atomic mass is 10.2. The van der Waals surface area contributed by atoms with Gasteiger partial charge in [-0.25, -0.2) is 0 Å². The van der Waals surface area contributed by atoms with E-state index in [9.17, 15) is 0 Å². The number of aromatic nitrogens is 3. The van der Waals surface area contributed by atoms with E-state index >= 15 is 0 Å². The maximum Gasteiger partial charge on any atom is 0.0987 e. The van der Waals surface area contributed by atoms with Crippen LogP contribution in [0.4, 0.5) is 5.69 Å². The Kier molecular flexibility index (Phi) is 3.14. The van der Waals surface area contributed by atoms with Crippen LogP contribution >= 0.6 is 11.8 Å². The molecule has 0 aliphatic rings. The molecule has 0 amide bonds. The second-order valence-electron chi connectivity index (χ2n) is 4.89. The second-order valence-corrected chi connectivity index (χ2v) is 5.95. The lowest BCUT2D eigenvalue weighted by molar-refractivity contribution is 0.692. The first-order valence-corrected chi connectivity index (χ1v) is 7.20. The van der Waals surface area contributed by atoms with Gasteiger partial charge < -0.3 is 5.73 Å². The van der Waals surface area contributed by atoms with Crippen molar-refractivity contribution in [2.24, 2.45) is 7.05 Å². The van der Waals surface area contributed by atoms with Crippen molar-refractivity contribution in [3.8, 4) is 0 Å². The molecule has 0 fully saturated rings. The lowest BCUT2D eigenvalue weighted by Gasteiger charge is -2.08. The zero-order chi connectivity index (χ0) is 14.3. The van der Waals surface area contributed by atoms with Crippen LogP contribution in [0, 0.1) is 13.8 Å². The number of pyridine rings is 1. The molecule has 0 atom stereocenters. The Morgan fingerprint density at radius 1 is 1.10 bits per heavy atom. The monoisotopic (exact) mass is 284 g/mol. The zero-order valence-corrected chi connectivity index (χ0v) is 12.5. The van der Waals surface area contributed by atoms with E-state index in [1.807, 2.05) is 43.8 Å². The molecular weight excluding hydrogens is 268 g/mol. The fourth-order valence-electron chi connectivity index (χ4n) is 2.22. The second kappa shape index (κ2) is 4.83. The van der Waals surface area contributed by atoms with Gasteiger partial charge in [0.15, 0.2) is 0 Å². The van der Waals surface area contributed by atoms with Gasteiger partial charge in [0.25, 0.3) is 0 Å². The SMILES string of the molecule is Cc1cc(Sc2cc(C)nn2C)c2cc(N)ccc2n1. The largest absolute Gasteiger partial charge is 0.399 e. The number of aryl methyl sites for hydroxylation is 3. The molecule has 5 heteroatoms. The summed E-state index contributed by atoms with van der Waals surface area (Å²) in [4.78, 5) is 5.71. The molecule has 2 heterocycles. The fraction of sp³-hybridized carbons (Fsp3) is 0.200. The maximum absolute atomic E-state index is 5.90. The van der Waals surface area contributed by atoms with E-state index in [4.69, 9.17) is 5.73 Å². The van der Waals surface area contributed by atoms with Crippen molar-refractivity contribution in [3.05, 3.63) is 41.7 Å². The average molecular weight is 284 g/mol. The number of anilines is 1. The Balaban J connectivity index is 2.15. The molecule has 0 saturated carbocycles. The van der Waals surface area contributed by atoms with E-state index in [0.717, 1.165) is 37.9 Å². The predicted octanol–water partition coefficient (Wildman–Crippen LogP) is 3.32. The Morgan fingerprint density at radius 2 is 1.90 bits per heavy atom. The summed E-state index contributed by atoms with van der Waals surface area (Å²) in [5.41, 5.74) is 9.65. The highest BCUT2D eigenvalue weighted by Crippen LogP contribution is 2.34. The quantitative estimate of drug-likeness (QED) is 0.733. The summed E-state index contributed by atoms with van der Waals surface area (Å²) in [7, 11) is 1.96. The van der Waals surface area contributed by atoms with Crippen LogP contribution < -0.4 is 5.73 Å². The molecule has 4 nitrogen and oxygen atoms in total. The van der Waals surface area contributed by atoms with Crippen molar-refractivity contribution in [1.29, 1.82) is 0 Å². The van der Waals surface area contributed by atoms with Gasteiger partial charge in [0, 0.05) is 28.7 Å². The molecule has 0 saturated heterocycles. The van der Waals surface area contributed by atoms with Crippen LogP contribution in [-0.2, 0) is 7.05 Å². The molecule has 0 aliphatic carbocycles. The Hall–Kier alpha value is -2.01. The molecule has 0 spiro atoms. The molecule has 3 rings (SSSR count). The van der Waals surface area contributed by atoms with Crippen molar-refractivity contribution in [3.63, 3.8) is 0 Å². The van der Waals surface area contributed by atoms with Gasteiger partial charge in [0.1, 0.15) is 0 Å². The van der Waals surface area contributed by atoms with E-state index in [-0.39, 0.29) is 0 Å². The number of hydrogen-bond donors (Lipinski definition) is 1. The van der Waals surface area contributed by atoms with Crippen LogP contribution in [0.3, 0.4) is 0 Å².